The summed E-state index contributed by atoms with van der Waals surface area (Å²) in [6, 6.07) is 0.302. The molecule has 0 bridgehead atoms. The number of carbonyl (C=O) groups excluding carboxylic acids is 1. The average Bonchev–Trinajstić information content (AvgIpc) is 2.72. The predicted octanol–water partition coefficient (Wildman–Crippen LogP) is 1.81. The van der Waals surface area contributed by atoms with Gasteiger partial charge in [-0.1, -0.05) is 0 Å². The van der Waals surface area contributed by atoms with Crippen LogP contribution in [0, 0.1) is 0 Å². The van der Waals surface area contributed by atoms with Gasteiger partial charge in [0.2, 0.25) is 10.0 Å². The van der Waals surface area contributed by atoms with Gasteiger partial charge in [0.15, 0.2) is 0 Å². The number of amides is 1. The maximum absolute atomic E-state index is 12.4. The van der Waals surface area contributed by atoms with Crippen molar-refractivity contribution in [2.24, 2.45) is 5.14 Å². The predicted molar refractivity (Wildman–Crippen MR) is 67.9 cm³/mol. The second-order valence-corrected chi connectivity index (χ2v) is 7.04. The molecule has 0 aliphatic carbocycles. The van der Waals surface area contributed by atoms with Crippen molar-refractivity contribution in [3.8, 4) is 0 Å². The highest BCUT2D eigenvalue weighted by Gasteiger charge is 2.35. The van der Waals surface area contributed by atoms with Crippen LogP contribution in [-0.4, -0.2) is 38.0 Å². The quantitative estimate of drug-likeness (QED) is 0.914. The summed E-state index contributed by atoms with van der Waals surface area (Å²) in [4.78, 5) is 12.6. The number of thiophene rings is 1. The Morgan fingerprint density at radius 2 is 2.00 bits per heavy atom. The zero-order chi connectivity index (χ0) is 15.7. The normalized spacial score (nSPS) is 12.8. The molecule has 0 aliphatic heterocycles. The van der Waals surface area contributed by atoms with E-state index in [-0.39, 0.29) is 9.77 Å². The molecule has 0 aliphatic rings. The minimum absolute atomic E-state index is 0.128. The van der Waals surface area contributed by atoms with E-state index in [0.717, 1.165) is 6.07 Å². The Morgan fingerprint density at radius 1 is 1.45 bits per heavy atom. The third-order valence-corrected chi connectivity index (χ3v) is 4.72. The molecule has 0 saturated carbocycles. The zero-order valence-electron chi connectivity index (χ0n) is 10.6. The number of alkyl halides is 3. The molecule has 0 spiro atoms. The Labute approximate surface area is 118 Å². The van der Waals surface area contributed by atoms with Crippen LogP contribution in [0.2, 0.25) is 0 Å². The van der Waals surface area contributed by atoms with E-state index >= 15 is 0 Å². The molecule has 1 heterocycles. The summed E-state index contributed by atoms with van der Waals surface area (Å²) in [5, 5.41) is 6.06. The lowest BCUT2D eigenvalue weighted by molar-refractivity contribution is -0.143. The number of sulfonamides is 1. The monoisotopic (exact) mass is 330 g/mol. The highest BCUT2D eigenvalue weighted by atomic mass is 32.2. The molecule has 1 amide bonds. The summed E-state index contributed by atoms with van der Waals surface area (Å²) in [6.07, 6.45) is -4.53. The van der Waals surface area contributed by atoms with Crippen LogP contribution in [0.4, 0.5) is 13.2 Å². The van der Waals surface area contributed by atoms with Crippen molar-refractivity contribution in [2.45, 2.75) is 30.3 Å². The fourth-order valence-electron chi connectivity index (χ4n) is 1.43. The van der Waals surface area contributed by atoms with Gasteiger partial charge in [0.1, 0.15) is 10.8 Å². The summed E-state index contributed by atoms with van der Waals surface area (Å²) in [6.45, 7) is 1.48. The van der Waals surface area contributed by atoms with E-state index in [1.54, 1.807) is 0 Å². The van der Waals surface area contributed by atoms with E-state index < -0.39 is 34.7 Å². The molecule has 114 valence electrons. The standard InChI is InChI=1S/C10H13F3N2O3S2/c1-6(2)15(5-10(11,12)13)9(16)7-3-8(19-4-7)20(14,17)18/h3-4,6H,5H2,1-2H3,(H2,14,17,18). The number of nitrogens with two attached hydrogens (primary N) is 1. The van der Waals surface area contributed by atoms with Crippen LogP contribution in [0.15, 0.2) is 15.7 Å². The van der Waals surface area contributed by atoms with Gasteiger partial charge in [-0.25, -0.2) is 13.6 Å². The van der Waals surface area contributed by atoms with Gasteiger partial charge in [0, 0.05) is 11.4 Å². The number of primary sulfonamides is 1. The second-order valence-electron chi connectivity index (χ2n) is 4.34. The topological polar surface area (TPSA) is 80.5 Å². The third kappa shape index (κ3) is 4.46. The van der Waals surface area contributed by atoms with E-state index in [0.29, 0.717) is 16.2 Å². The summed E-state index contributed by atoms with van der Waals surface area (Å²) < 4.78 is 59.2. The molecule has 0 atom stereocenters. The van der Waals surface area contributed by atoms with Gasteiger partial charge in [-0.15, -0.1) is 11.3 Å². The highest BCUT2D eigenvalue weighted by Crippen LogP contribution is 2.23. The van der Waals surface area contributed by atoms with Gasteiger partial charge < -0.3 is 4.90 Å². The number of carbonyl (C=O) groups is 1. The molecule has 0 fully saturated rings. The first kappa shape index (κ1) is 16.9. The van der Waals surface area contributed by atoms with E-state index in [1.165, 1.54) is 19.2 Å². The Morgan fingerprint density at radius 3 is 2.35 bits per heavy atom. The highest BCUT2D eigenvalue weighted by molar-refractivity contribution is 7.91. The van der Waals surface area contributed by atoms with Crippen LogP contribution in [0.1, 0.15) is 24.2 Å². The first-order chi connectivity index (χ1) is 8.92. The van der Waals surface area contributed by atoms with Crippen LogP contribution < -0.4 is 5.14 Å². The van der Waals surface area contributed by atoms with Crippen molar-refractivity contribution in [3.63, 3.8) is 0 Å². The van der Waals surface area contributed by atoms with Gasteiger partial charge in [0.05, 0.1) is 5.56 Å². The second kappa shape index (κ2) is 5.70. The molecule has 10 heteroatoms. The number of halogens is 3. The first-order valence-corrected chi connectivity index (χ1v) is 7.83. The van der Waals surface area contributed by atoms with Crippen LogP contribution >= 0.6 is 11.3 Å². The smallest absolute Gasteiger partial charge is 0.327 e. The van der Waals surface area contributed by atoms with Gasteiger partial charge in [0.25, 0.3) is 5.91 Å². The molecule has 1 aromatic rings. The number of nitrogens with zero attached hydrogens (tertiary/aromatic N) is 1. The Bertz CT molecular complexity index is 593. The minimum atomic E-state index is -4.53. The van der Waals surface area contributed by atoms with Gasteiger partial charge in [-0.05, 0) is 19.9 Å². The van der Waals surface area contributed by atoms with Crippen LogP contribution in [0.3, 0.4) is 0 Å². The Hall–Kier alpha value is -1.13. The average molecular weight is 330 g/mol. The maximum atomic E-state index is 12.4. The number of hydrogen-bond acceptors (Lipinski definition) is 4. The maximum Gasteiger partial charge on any atom is 0.406 e. The minimum Gasteiger partial charge on any atom is -0.327 e. The first-order valence-electron chi connectivity index (χ1n) is 5.41. The van der Waals surface area contributed by atoms with Crippen molar-refractivity contribution in [2.75, 3.05) is 6.54 Å². The van der Waals surface area contributed by atoms with Gasteiger partial charge in [-0.2, -0.15) is 13.2 Å². The van der Waals surface area contributed by atoms with E-state index in [4.69, 9.17) is 5.14 Å². The van der Waals surface area contributed by atoms with Crippen LogP contribution in [0.5, 0.6) is 0 Å². The fourth-order valence-corrected chi connectivity index (χ4v) is 3.00. The molecule has 1 rings (SSSR count). The van der Waals surface area contributed by atoms with Gasteiger partial charge in [-0.3, -0.25) is 4.79 Å². The fraction of sp³-hybridized carbons (Fsp3) is 0.500. The molecule has 1 aromatic heterocycles. The van der Waals surface area contributed by atoms with Gasteiger partial charge >= 0.3 is 6.18 Å². The van der Waals surface area contributed by atoms with E-state index in [1.807, 2.05) is 0 Å². The van der Waals surface area contributed by atoms with Crippen molar-refractivity contribution >= 4 is 27.3 Å². The van der Waals surface area contributed by atoms with Crippen molar-refractivity contribution in [3.05, 3.63) is 17.0 Å². The van der Waals surface area contributed by atoms with E-state index in [2.05, 4.69) is 0 Å². The molecular weight excluding hydrogens is 317 g/mol. The van der Waals surface area contributed by atoms with E-state index in [9.17, 15) is 26.4 Å². The van der Waals surface area contributed by atoms with Crippen LogP contribution in [0.25, 0.3) is 0 Å². The molecule has 0 unspecified atom stereocenters. The largest absolute Gasteiger partial charge is 0.406 e. The van der Waals surface area contributed by atoms with Crippen molar-refractivity contribution in [1.82, 2.24) is 4.90 Å². The molecule has 2 N–H and O–H groups in total. The molecule has 5 nitrogen and oxygen atoms in total. The number of rotatable bonds is 4. The number of hydrogen-bond donors (Lipinski definition) is 1. The summed E-state index contributed by atoms with van der Waals surface area (Å²) in [7, 11) is -3.97. The Balaban J connectivity index is 3.05. The van der Waals surface area contributed by atoms with Crippen molar-refractivity contribution < 1.29 is 26.4 Å². The molecular formula is C10H13F3N2O3S2. The molecule has 20 heavy (non-hydrogen) atoms. The molecule has 0 saturated heterocycles. The Kier molecular flexibility index (Phi) is 4.82. The lowest BCUT2D eigenvalue weighted by Gasteiger charge is -2.27. The van der Waals surface area contributed by atoms with Crippen LogP contribution in [-0.2, 0) is 10.0 Å². The SMILES string of the molecule is CC(C)N(CC(F)(F)F)C(=O)c1csc(S(N)(=O)=O)c1. The summed E-state index contributed by atoms with van der Waals surface area (Å²) in [5.74, 6) is -0.886. The lowest BCUT2D eigenvalue weighted by atomic mass is 10.2. The van der Waals surface area contributed by atoms with Crippen molar-refractivity contribution in [1.29, 1.82) is 0 Å². The molecule has 0 aromatic carbocycles. The lowest BCUT2D eigenvalue weighted by Crippen LogP contribution is -2.43. The summed E-state index contributed by atoms with van der Waals surface area (Å²) in [5.41, 5.74) is -0.128. The summed E-state index contributed by atoms with van der Waals surface area (Å²) >= 11 is 0.690. The zero-order valence-corrected chi connectivity index (χ0v) is 12.3. The molecule has 0 radical (unpaired) electrons. The third-order valence-electron chi connectivity index (χ3n) is 2.34.